The van der Waals surface area contributed by atoms with Gasteiger partial charge in [-0.1, -0.05) is 41.9 Å². The van der Waals surface area contributed by atoms with Crippen LogP contribution in [0.3, 0.4) is 0 Å². The molecule has 3 amide bonds. The quantitative estimate of drug-likeness (QED) is 0.527. The molecular weight excluding hydrogens is 424 g/mol. The number of carbonyl (C=O) groups excluding carboxylic acids is 3. The van der Waals surface area contributed by atoms with Crippen LogP contribution in [0, 0.1) is 6.92 Å². The Morgan fingerprint density at radius 3 is 2.30 bits per heavy atom. The van der Waals surface area contributed by atoms with Gasteiger partial charge in [0.25, 0.3) is 17.7 Å². The Morgan fingerprint density at radius 2 is 1.63 bits per heavy atom. The molecule has 0 radical (unpaired) electrons. The zero-order valence-corrected chi connectivity index (χ0v) is 17.8. The molecule has 1 unspecified atom stereocenters. The molecule has 9 heteroatoms. The molecule has 30 heavy (non-hydrogen) atoms. The third-order valence-electron chi connectivity index (χ3n) is 4.17. The van der Waals surface area contributed by atoms with Gasteiger partial charge < -0.3 is 5.32 Å². The summed E-state index contributed by atoms with van der Waals surface area (Å²) in [4.78, 5) is 41.7. The van der Waals surface area contributed by atoms with Crippen LogP contribution in [0.15, 0.2) is 54.6 Å². The Labute approximate surface area is 182 Å². The summed E-state index contributed by atoms with van der Waals surface area (Å²) in [5, 5.41) is 3.78. The van der Waals surface area contributed by atoms with Crippen molar-refractivity contribution in [3.8, 4) is 10.6 Å². The Kier molecular flexibility index (Phi) is 6.81. The third kappa shape index (κ3) is 5.22. The first-order chi connectivity index (χ1) is 14.3. The maximum Gasteiger partial charge on any atom is 0.281 e. The van der Waals surface area contributed by atoms with Crippen molar-refractivity contribution in [1.29, 1.82) is 0 Å². The molecule has 0 bridgehead atoms. The molecule has 2 aromatic carbocycles. The first-order valence-corrected chi connectivity index (χ1v) is 10.2. The molecule has 154 valence electrons. The highest BCUT2D eigenvalue weighted by atomic mass is 35.5. The first kappa shape index (κ1) is 21.5. The molecule has 3 rings (SSSR count). The molecule has 3 aromatic rings. The Bertz CT molecular complexity index is 1070. The van der Waals surface area contributed by atoms with Crippen LogP contribution >= 0.6 is 22.9 Å². The largest absolute Gasteiger partial charge is 0.340 e. The molecule has 0 spiro atoms. The zero-order valence-electron chi connectivity index (χ0n) is 16.2. The average Bonchev–Trinajstić information content (AvgIpc) is 3.14. The van der Waals surface area contributed by atoms with Gasteiger partial charge in [0.2, 0.25) is 0 Å². The van der Waals surface area contributed by atoms with Gasteiger partial charge in [0, 0.05) is 16.1 Å². The molecule has 1 atom stereocenters. The van der Waals surface area contributed by atoms with E-state index in [1.807, 2.05) is 30.3 Å². The number of thiazole rings is 1. The van der Waals surface area contributed by atoms with Crippen LogP contribution in [0.5, 0.6) is 0 Å². The number of amides is 3. The minimum absolute atomic E-state index is 0.372. The van der Waals surface area contributed by atoms with Gasteiger partial charge in [-0.05, 0) is 38.1 Å². The van der Waals surface area contributed by atoms with Gasteiger partial charge in [0.1, 0.15) is 15.9 Å². The van der Waals surface area contributed by atoms with Gasteiger partial charge in [-0.15, -0.1) is 11.3 Å². The summed E-state index contributed by atoms with van der Waals surface area (Å²) in [6.07, 6.45) is 0. The van der Waals surface area contributed by atoms with Crippen LogP contribution in [0.1, 0.15) is 32.6 Å². The number of halogens is 1. The van der Waals surface area contributed by atoms with Crippen LogP contribution in [0.4, 0.5) is 0 Å². The maximum absolute atomic E-state index is 12.5. The monoisotopic (exact) mass is 442 g/mol. The summed E-state index contributed by atoms with van der Waals surface area (Å²) < 4.78 is 0. The number of aryl methyl sites for hydroxylation is 1. The van der Waals surface area contributed by atoms with Crippen LogP contribution in [-0.2, 0) is 4.79 Å². The number of nitrogens with zero attached hydrogens (tertiary/aromatic N) is 1. The van der Waals surface area contributed by atoms with E-state index in [0.717, 1.165) is 5.56 Å². The summed E-state index contributed by atoms with van der Waals surface area (Å²) in [7, 11) is 0. The smallest absolute Gasteiger partial charge is 0.281 e. The standard InChI is InChI=1S/C21H19ClN4O3S/c1-12-17(30-21(24-12)15-6-4-3-5-7-15)20(29)26-25-18(27)13(2)23-19(28)14-8-10-16(22)11-9-14/h3-11,13H,1-2H3,(H,23,28)(H,25,27)(H,26,29). The summed E-state index contributed by atoms with van der Waals surface area (Å²) in [6, 6.07) is 14.9. The highest BCUT2D eigenvalue weighted by Gasteiger charge is 2.20. The van der Waals surface area contributed by atoms with Crippen molar-refractivity contribution in [3.63, 3.8) is 0 Å². The molecule has 0 aliphatic heterocycles. The number of benzene rings is 2. The molecule has 0 saturated heterocycles. The van der Waals surface area contributed by atoms with Crippen LogP contribution in [-0.4, -0.2) is 28.7 Å². The van der Waals surface area contributed by atoms with E-state index in [2.05, 4.69) is 21.2 Å². The Morgan fingerprint density at radius 1 is 0.967 bits per heavy atom. The molecule has 0 aliphatic carbocycles. The van der Waals surface area contributed by atoms with Gasteiger partial charge >= 0.3 is 0 Å². The van der Waals surface area contributed by atoms with Gasteiger partial charge in [0.15, 0.2) is 0 Å². The lowest BCUT2D eigenvalue weighted by atomic mass is 10.2. The number of hydrogen-bond acceptors (Lipinski definition) is 5. The molecule has 3 N–H and O–H groups in total. The van der Waals surface area contributed by atoms with E-state index >= 15 is 0 Å². The van der Waals surface area contributed by atoms with Gasteiger partial charge in [0.05, 0.1) is 5.69 Å². The van der Waals surface area contributed by atoms with Crippen LogP contribution in [0.25, 0.3) is 10.6 Å². The second-order valence-electron chi connectivity index (χ2n) is 6.44. The van der Waals surface area contributed by atoms with E-state index in [9.17, 15) is 14.4 Å². The molecule has 7 nitrogen and oxygen atoms in total. The molecule has 0 saturated carbocycles. The fraction of sp³-hybridized carbons (Fsp3) is 0.143. The Balaban J connectivity index is 1.56. The summed E-state index contributed by atoms with van der Waals surface area (Å²) in [5.74, 6) is -1.46. The molecular formula is C21H19ClN4O3S. The summed E-state index contributed by atoms with van der Waals surface area (Å²) in [5.41, 5.74) is 6.54. The topological polar surface area (TPSA) is 100 Å². The number of aromatic nitrogens is 1. The zero-order chi connectivity index (χ0) is 21.7. The fourth-order valence-electron chi connectivity index (χ4n) is 2.54. The van der Waals surface area contributed by atoms with E-state index in [-0.39, 0.29) is 0 Å². The predicted octanol–water partition coefficient (Wildman–Crippen LogP) is 3.35. The Hall–Kier alpha value is -3.23. The van der Waals surface area contributed by atoms with E-state index in [0.29, 0.717) is 26.2 Å². The van der Waals surface area contributed by atoms with Crippen LogP contribution in [0.2, 0.25) is 5.02 Å². The average molecular weight is 443 g/mol. The second-order valence-corrected chi connectivity index (χ2v) is 7.88. The maximum atomic E-state index is 12.5. The van der Waals surface area contributed by atoms with E-state index in [1.165, 1.54) is 18.3 Å². The highest BCUT2D eigenvalue weighted by Crippen LogP contribution is 2.27. The minimum Gasteiger partial charge on any atom is -0.340 e. The van der Waals surface area contributed by atoms with Crippen molar-refractivity contribution in [2.24, 2.45) is 0 Å². The second kappa shape index (κ2) is 9.51. The van der Waals surface area contributed by atoms with Crippen molar-refractivity contribution < 1.29 is 14.4 Å². The number of hydrogen-bond donors (Lipinski definition) is 3. The van der Waals surface area contributed by atoms with E-state index < -0.39 is 23.8 Å². The predicted molar refractivity (Wildman–Crippen MR) is 116 cm³/mol. The first-order valence-electron chi connectivity index (χ1n) is 9.04. The van der Waals surface area contributed by atoms with Gasteiger partial charge in [-0.25, -0.2) is 4.98 Å². The van der Waals surface area contributed by atoms with Crippen molar-refractivity contribution >= 4 is 40.7 Å². The van der Waals surface area contributed by atoms with Crippen molar-refractivity contribution in [1.82, 2.24) is 21.2 Å². The van der Waals surface area contributed by atoms with Gasteiger partial charge in [-0.2, -0.15) is 0 Å². The minimum atomic E-state index is -0.865. The van der Waals surface area contributed by atoms with E-state index in [1.54, 1.807) is 31.2 Å². The number of hydrazine groups is 1. The van der Waals surface area contributed by atoms with E-state index in [4.69, 9.17) is 11.6 Å². The SMILES string of the molecule is Cc1nc(-c2ccccc2)sc1C(=O)NNC(=O)C(C)NC(=O)c1ccc(Cl)cc1. The lowest BCUT2D eigenvalue weighted by molar-refractivity contribution is -0.123. The highest BCUT2D eigenvalue weighted by molar-refractivity contribution is 7.17. The molecule has 0 fully saturated rings. The molecule has 0 aliphatic rings. The van der Waals surface area contributed by atoms with Crippen LogP contribution < -0.4 is 16.2 Å². The number of nitrogens with one attached hydrogen (secondary N) is 3. The normalized spacial score (nSPS) is 11.4. The van der Waals surface area contributed by atoms with Crippen molar-refractivity contribution in [3.05, 3.63) is 75.8 Å². The van der Waals surface area contributed by atoms with Crippen molar-refractivity contribution in [2.75, 3.05) is 0 Å². The fourth-order valence-corrected chi connectivity index (χ4v) is 3.63. The number of carbonyl (C=O) groups is 3. The lowest BCUT2D eigenvalue weighted by Gasteiger charge is -2.14. The summed E-state index contributed by atoms with van der Waals surface area (Å²) >= 11 is 7.04. The lowest BCUT2D eigenvalue weighted by Crippen LogP contribution is -2.51. The summed E-state index contributed by atoms with van der Waals surface area (Å²) in [6.45, 7) is 3.25. The number of rotatable bonds is 5. The van der Waals surface area contributed by atoms with Crippen molar-refractivity contribution in [2.45, 2.75) is 19.9 Å². The molecule has 1 heterocycles. The third-order valence-corrected chi connectivity index (χ3v) is 5.63. The molecule has 1 aromatic heterocycles. The van der Waals surface area contributed by atoms with Gasteiger partial charge in [-0.3, -0.25) is 25.2 Å².